The predicted octanol–water partition coefficient (Wildman–Crippen LogP) is 7.90. The zero-order chi connectivity index (χ0) is 23.5. The summed E-state index contributed by atoms with van der Waals surface area (Å²) < 4.78 is 0. The molecule has 0 N–H and O–H groups in total. The Morgan fingerprint density at radius 3 is 1.97 bits per heavy atom. The fourth-order valence-electron chi connectivity index (χ4n) is 4.03. The third-order valence-electron chi connectivity index (χ3n) is 5.80. The van der Waals surface area contributed by atoms with Crippen LogP contribution in [0.1, 0.15) is 16.7 Å². The number of hydrogen-bond donors (Lipinski definition) is 0. The molecule has 34 heavy (non-hydrogen) atoms. The highest BCUT2D eigenvalue weighted by Crippen LogP contribution is 2.36. The minimum atomic E-state index is 0.162. The van der Waals surface area contributed by atoms with Crippen LogP contribution in [0.3, 0.4) is 0 Å². The maximum Gasteiger partial charge on any atom is 0.226 e. The van der Waals surface area contributed by atoms with Gasteiger partial charge in [0.1, 0.15) is 0 Å². The molecule has 1 heterocycles. The van der Waals surface area contributed by atoms with Crippen LogP contribution in [0.2, 0.25) is 5.28 Å². The van der Waals surface area contributed by atoms with Crippen molar-refractivity contribution < 1.29 is 0 Å². The van der Waals surface area contributed by atoms with Crippen LogP contribution in [0.15, 0.2) is 110 Å². The lowest BCUT2D eigenvalue weighted by molar-refractivity contribution is 1.07. The molecule has 4 aromatic carbocycles. The van der Waals surface area contributed by atoms with Gasteiger partial charge in [0.25, 0.3) is 0 Å². The first-order valence-corrected chi connectivity index (χ1v) is 11.4. The average molecular weight is 460 g/mol. The number of aryl methyl sites for hydroxylation is 1. The smallest absolute Gasteiger partial charge is 0.208 e. The first-order valence-electron chi connectivity index (χ1n) is 11.0. The standard InChI is InChI=1S/C30H22ClN3/c1-20-11-9-10-16-25(20)26-18-17-24(19-27(26)21(2)22-12-5-3-6-13-22)29-32-28(33-30(31)34-29)23-14-7-4-8-15-23/h3-19H,2H2,1H3. The van der Waals surface area contributed by atoms with E-state index in [2.05, 4.69) is 72.0 Å². The van der Waals surface area contributed by atoms with Crippen molar-refractivity contribution in [3.8, 4) is 33.9 Å². The van der Waals surface area contributed by atoms with E-state index < -0.39 is 0 Å². The summed E-state index contributed by atoms with van der Waals surface area (Å²) in [6, 6.07) is 34.6. The number of hydrogen-bond acceptors (Lipinski definition) is 3. The maximum absolute atomic E-state index is 6.32. The first-order chi connectivity index (χ1) is 16.6. The van der Waals surface area contributed by atoms with Gasteiger partial charge >= 0.3 is 0 Å². The first kappa shape index (κ1) is 21.7. The molecule has 4 heteroatoms. The van der Waals surface area contributed by atoms with Gasteiger partial charge in [-0.25, -0.2) is 4.98 Å². The van der Waals surface area contributed by atoms with Crippen molar-refractivity contribution in [2.75, 3.05) is 0 Å². The molecule has 3 nitrogen and oxygen atoms in total. The second-order valence-electron chi connectivity index (χ2n) is 8.04. The number of aromatic nitrogens is 3. The lowest BCUT2D eigenvalue weighted by Gasteiger charge is -2.16. The highest BCUT2D eigenvalue weighted by Gasteiger charge is 2.16. The second kappa shape index (κ2) is 9.42. The summed E-state index contributed by atoms with van der Waals surface area (Å²) in [5, 5.41) is 0.162. The predicted molar refractivity (Wildman–Crippen MR) is 140 cm³/mol. The minimum absolute atomic E-state index is 0.162. The van der Waals surface area contributed by atoms with E-state index in [1.54, 1.807) is 0 Å². The molecule has 0 aliphatic heterocycles. The molecule has 5 aromatic rings. The van der Waals surface area contributed by atoms with E-state index in [4.69, 9.17) is 16.6 Å². The van der Waals surface area contributed by atoms with Gasteiger partial charge in [0.2, 0.25) is 5.28 Å². The van der Waals surface area contributed by atoms with Gasteiger partial charge < -0.3 is 0 Å². The minimum Gasteiger partial charge on any atom is -0.208 e. The summed E-state index contributed by atoms with van der Waals surface area (Å²) in [5.41, 5.74) is 8.24. The van der Waals surface area contributed by atoms with E-state index in [0.717, 1.165) is 33.4 Å². The van der Waals surface area contributed by atoms with Crippen molar-refractivity contribution in [2.45, 2.75) is 6.92 Å². The number of rotatable bonds is 5. The Bertz CT molecular complexity index is 1480. The highest BCUT2D eigenvalue weighted by molar-refractivity contribution is 6.28. The van der Waals surface area contributed by atoms with Crippen LogP contribution >= 0.6 is 11.6 Å². The Morgan fingerprint density at radius 1 is 0.647 bits per heavy atom. The van der Waals surface area contributed by atoms with Gasteiger partial charge in [-0.3, -0.25) is 0 Å². The van der Waals surface area contributed by atoms with Crippen LogP contribution in [0, 0.1) is 6.92 Å². The number of benzene rings is 4. The van der Waals surface area contributed by atoms with Gasteiger partial charge in [-0.1, -0.05) is 104 Å². The average Bonchev–Trinajstić information content (AvgIpc) is 2.89. The summed E-state index contributed by atoms with van der Waals surface area (Å²) >= 11 is 6.32. The Morgan fingerprint density at radius 2 is 1.26 bits per heavy atom. The van der Waals surface area contributed by atoms with Crippen molar-refractivity contribution in [2.24, 2.45) is 0 Å². The molecule has 1 aromatic heterocycles. The summed E-state index contributed by atoms with van der Waals surface area (Å²) in [6.07, 6.45) is 0. The third-order valence-corrected chi connectivity index (χ3v) is 5.97. The highest BCUT2D eigenvalue weighted by atomic mass is 35.5. The van der Waals surface area contributed by atoms with Gasteiger partial charge in [-0.2, -0.15) is 9.97 Å². The van der Waals surface area contributed by atoms with E-state index in [1.807, 2.05) is 54.6 Å². The molecule has 0 unspecified atom stereocenters. The van der Waals surface area contributed by atoms with Gasteiger partial charge in [-0.15, -0.1) is 0 Å². The Balaban J connectivity index is 1.68. The van der Waals surface area contributed by atoms with Gasteiger partial charge in [0.05, 0.1) is 0 Å². The Kier molecular flexibility index (Phi) is 6.03. The largest absolute Gasteiger partial charge is 0.226 e. The van der Waals surface area contributed by atoms with Crippen molar-refractivity contribution in [1.82, 2.24) is 15.0 Å². The lowest BCUT2D eigenvalue weighted by atomic mass is 9.88. The maximum atomic E-state index is 6.32. The Hall–Kier alpha value is -4.08. The van der Waals surface area contributed by atoms with Gasteiger partial charge in [-0.05, 0) is 58.0 Å². The fourth-order valence-corrected chi connectivity index (χ4v) is 4.19. The Labute approximate surface area is 204 Å². The molecular weight excluding hydrogens is 438 g/mol. The molecule has 0 bridgehead atoms. The quantitative estimate of drug-likeness (QED) is 0.268. The van der Waals surface area contributed by atoms with E-state index in [0.29, 0.717) is 11.6 Å². The molecule has 0 amide bonds. The van der Waals surface area contributed by atoms with Crippen molar-refractivity contribution in [3.05, 3.63) is 132 Å². The van der Waals surface area contributed by atoms with Gasteiger partial charge in [0.15, 0.2) is 11.6 Å². The molecule has 0 aliphatic carbocycles. The summed E-state index contributed by atoms with van der Waals surface area (Å²) in [7, 11) is 0. The molecule has 0 radical (unpaired) electrons. The van der Waals surface area contributed by atoms with E-state index in [9.17, 15) is 0 Å². The molecule has 0 aliphatic rings. The van der Waals surface area contributed by atoms with Crippen LogP contribution in [-0.2, 0) is 0 Å². The summed E-state index contributed by atoms with van der Waals surface area (Å²) in [6.45, 7) is 6.57. The number of halogens is 1. The van der Waals surface area contributed by atoms with Crippen LogP contribution in [-0.4, -0.2) is 15.0 Å². The fraction of sp³-hybridized carbons (Fsp3) is 0.0333. The molecule has 5 rings (SSSR count). The van der Waals surface area contributed by atoms with E-state index >= 15 is 0 Å². The van der Waals surface area contributed by atoms with Crippen LogP contribution < -0.4 is 0 Å². The lowest BCUT2D eigenvalue weighted by Crippen LogP contribution is -1.99. The van der Waals surface area contributed by atoms with Crippen LogP contribution in [0.4, 0.5) is 0 Å². The van der Waals surface area contributed by atoms with Gasteiger partial charge in [0, 0.05) is 11.1 Å². The normalized spacial score (nSPS) is 10.8. The number of nitrogens with zero attached hydrogens (tertiary/aromatic N) is 3. The van der Waals surface area contributed by atoms with Crippen molar-refractivity contribution >= 4 is 17.2 Å². The van der Waals surface area contributed by atoms with Crippen molar-refractivity contribution in [3.63, 3.8) is 0 Å². The summed E-state index contributed by atoms with van der Waals surface area (Å²) in [5.74, 6) is 1.07. The van der Waals surface area contributed by atoms with Crippen molar-refractivity contribution in [1.29, 1.82) is 0 Å². The molecule has 0 fully saturated rings. The molecule has 0 spiro atoms. The van der Waals surface area contributed by atoms with Crippen LogP contribution in [0.5, 0.6) is 0 Å². The zero-order valence-electron chi connectivity index (χ0n) is 18.7. The topological polar surface area (TPSA) is 38.7 Å². The molecular formula is C30H22ClN3. The van der Waals surface area contributed by atoms with E-state index in [-0.39, 0.29) is 5.28 Å². The molecule has 164 valence electrons. The molecule has 0 atom stereocenters. The third kappa shape index (κ3) is 4.39. The zero-order valence-corrected chi connectivity index (χ0v) is 19.5. The SMILES string of the molecule is C=C(c1ccccc1)c1cc(-c2nc(Cl)nc(-c3ccccc3)n2)ccc1-c1ccccc1C. The summed E-state index contributed by atoms with van der Waals surface area (Å²) in [4.78, 5) is 13.5. The monoisotopic (exact) mass is 459 g/mol. The van der Waals surface area contributed by atoms with Crippen LogP contribution in [0.25, 0.3) is 39.5 Å². The second-order valence-corrected chi connectivity index (χ2v) is 8.38. The molecule has 0 saturated carbocycles. The molecule has 0 saturated heterocycles. The van der Waals surface area contributed by atoms with E-state index in [1.165, 1.54) is 11.1 Å².